The van der Waals surface area contributed by atoms with Gasteiger partial charge in [-0.05, 0) is 68.4 Å². The Morgan fingerprint density at radius 1 is 0.886 bits per heavy atom. The Bertz CT molecular complexity index is 1270. The van der Waals surface area contributed by atoms with E-state index in [0.717, 1.165) is 6.07 Å². The highest BCUT2D eigenvalue weighted by atomic mass is 35.5. The minimum Gasteiger partial charge on any atom is -0.495 e. The molecule has 0 aliphatic carbocycles. The molecule has 0 bridgehead atoms. The number of anilines is 3. The Hall–Kier alpha value is -4.11. The van der Waals surface area contributed by atoms with E-state index in [1.54, 1.807) is 30.3 Å². The van der Waals surface area contributed by atoms with Crippen molar-refractivity contribution in [2.75, 3.05) is 23.1 Å². The zero-order chi connectivity index (χ0) is 25.5. The first-order chi connectivity index (χ1) is 16.7. The largest absolute Gasteiger partial charge is 0.495 e. The normalized spacial score (nSPS) is 10.5. The van der Waals surface area contributed by atoms with Crippen molar-refractivity contribution in [3.63, 3.8) is 0 Å². The van der Waals surface area contributed by atoms with Crippen molar-refractivity contribution in [2.24, 2.45) is 0 Å². The van der Waals surface area contributed by atoms with Crippen molar-refractivity contribution in [1.82, 2.24) is 5.32 Å². The van der Waals surface area contributed by atoms with Crippen LogP contribution >= 0.6 is 11.6 Å². The smallest absolute Gasteiger partial charge is 0.319 e. The Labute approximate surface area is 206 Å². The van der Waals surface area contributed by atoms with Crippen LogP contribution in [0, 0.1) is 5.82 Å². The van der Waals surface area contributed by atoms with Gasteiger partial charge in [0.1, 0.15) is 11.6 Å². The molecular formula is C25H24ClFN4O4. The van der Waals surface area contributed by atoms with Gasteiger partial charge in [-0.1, -0.05) is 17.7 Å². The summed E-state index contributed by atoms with van der Waals surface area (Å²) in [7, 11) is 1.42. The van der Waals surface area contributed by atoms with Crippen LogP contribution in [-0.4, -0.2) is 31.0 Å². The van der Waals surface area contributed by atoms with Crippen LogP contribution in [0.1, 0.15) is 34.6 Å². The van der Waals surface area contributed by atoms with Crippen LogP contribution in [0.15, 0.2) is 60.7 Å². The van der Waals surface area contributed by atoms with E-state index in [-0.39, 0.29) is 28.3 Å². The molecule has 0 radical (unpaired) electrons. The lowest BCUT2D eigenvalue weighted by atomic mass is 10.1. The second-order valence-electron chi connectivity index (χ2n) is 7.78. The van der Waals surface area contributed by atoms with E-state index in [9.17, 15) is 18.8 Å². The summed E-state index contributed by atoms with van der Waals surface area (Å²) in [4.78, 5) is 37.3. The van der Waals surface area contributed by atoms with Gasteiger partial charge in [-0.15, -0.1) is 0 Å². The average molecular weight is 499 g/mol. The van der Waals surface area contributed by atoms with E-state index < -0.39 is 17.6 Å². The molecule has 0 aromatic heterocycles. The highest BCUT2D eigenvalue weighted by molar-refractivity contribution is 6.30. The molecule has 4 amide bonds. The summed E-state index contributed by atoms with van der Waals surface area (Å²) in [5, 5.41) is 10.9. The molecule has 0 unspecified atom stereocenters. The predicted molar refractivity (Wildman–Crippen MR) is 134 cm³/mol. The maximum Gasteiger partial charge on any atom is 0.319 e. The van der Waals surface area contributed by atoms with Crippen LogP contribution in [0.3, 0.4) is 0 Å². The lowest BCUT2D eigenvalue weighted by Crippen LogP contribution is -2.34. The number of urea groups is 1. The van der Waals surface area contributed by atoms with Gasteiger partial charge in [0, 0.05) is 28.0 Å². The molecule has 0 saturated carbocycles. The van der Waals surface area contributed by atoms with Crippen molar-refractivity contribution < 1.29 is 23.5 Å². The average Bonchev–Trinajstić information content (AvgIpc) is 2.78. The topological polar surface area (TPSA) is 109 Å². The van der Waals surface area contributed by atoms with Gasteiger partial charge in [0.25, 0.3) is 11.8 Å². The summed E-state index contributed by atoms with van der Waals surface area (Å²) in [6.45, 7) is 3.67. The van der Waals surface area contributed by atoms with Crippen molar-refractivity contribution in [1.29, 1.82) is 0 Å². The Kier molecular flexibility index (Phi) is 8.27. The SMILES string of the molecule is COc1ccc(NC(=O)c2cccc(NC(=O)NC(C)C)c2)cc1NC(=O)c1ccc(Cl)cc1F. The van der Waals surface area contributed by atoms with Crippen molar-refractivity contribution >= 4 is 46.5 Å². The number of amides is 4. The maximum atomic E-state index is 14.1. The number of benzene rings is 3. The van der Waals surface area contributed by atoms with Crippen molar-refractivity contribution in [2.45, 2.75) is 19.9 Å². The summed E-state index contributed by atoms with van der Waals surface area (Å²) >= 11 is 5.75. The second kappa shape index (κ2) is 11.3. The molecule has 0 atom stereocenters. The van der Waals surface area contributed by atoms with Crippen LogP contribution in [0.5, 0.6) is 5.75 Å². The number of hydrogen-bond donors (Lipinski definition) is 4. The van der Waals surface area contributed by atoms with Crippen LogP contribution in [-0.2, 0) is 0 Å². The summed E-state index contributed by atoms with van der Waals surface area (Å²) < 4.78 is 19.4. The van der Waals surface area contributed by atoms with Crippen LogP contribution in [0.25, 0.3) is 0 Å². The highest BCUT2D eigenvalue weighted by Gasteiger charge is 2.16. The molecule has 0 aliphatic rings. The van der Waals surface area contributed by atoms with E-state index in [1.807, 2.05) is 13.8 Å². The molecule has 8 nitrogen and oxygen atoms in total. The molecule has 4 N–H and O–H groups in total. The molecule has 3 rings (SSSR count). The monoisotopic (exact) mass is 498 g/mol. The number of carbonyl (C=O) groups is 3. The fraction of sp³-hybridized carbons (Fsp3) is 0.160. The maximum absolute atomic E-state index is 14.1. The summed E-state index contributed by atoms with van der Waals surface area (Å²) in [6.07, 6.45) is 0. The first kappa shape index (κ1) is 25.5. The number of ether oxygens (including phenoxy) is 1. The number of hydrogen-bond acceptors (Lipinski definition) is 4. The molecule has 0 spiro atoms. The molecule has 0 fully saturated rings. The highest BCUT2D eigenvalue weighted by Crippen LogP contribution is 2.29. The Morgan fingerprint density at radius 2 is 1.63 bits per heavy atom. The lowest BCUT2D eigenvalue weighted by Gasteiger charge is -2.14. The van der Waals surface area contributed by atoms with Crippen LogP contribution in [0.2, 0.25) is 5.02 Å². The van der Waals surface area contributed by atoms with Gasteiger partial charge in [-0.25, -0.2) is 9.18 Å². The third kappa shape index (κ3) is 6.94. The van der Waals surface area contributed by atoms with Crippen molar-refractivity contribution in [3.8, 4) is 5.75 Å². The fourth-order valence-corrected chi connectivity index (χ4v) is 3.28. The predicted octanol–water partition coefficient (Wildman–Crippen LogP) is 5.52. The minimum atomic E-state index is -0.769. The summed E-state index contributed by atoms with van der Waals surface area (Å²) in [5.41, 5.74) is 1.14. The van der Waals surface area contributed by atoms with E-state index in [2.05, 4.69) is 21.3 Å². The summed E-state index contributed by atoms with van der Waals surface area (Å²) in [6, 6.07) is 14.4. The van der Waals surface area contributed by atoms with Gasteiger partial charge in [-0.2, -0.15) is 0 Å². The molecule has 0 aliphatic heterocycles. The lowest BCUT2D eigenvalue weighted by molar-refractivity contribution is 0.101. The van der Waals surface area contributed by atoms with E-state index in [4.69, 9.17) is 16.3 Å². The van der Waals surface area contributed by atoms with Gasteiger partial charge in [0.15, 0.2) is 0 Å². The second-order valence-corrected chi connectivity index (χ2v) is 8.22. The quantitative estimate of drug-likeness (QED) is 0.344. The third-order valence-corrected chi connectivity index (χ3v) is 4.92. The first-order valence-corrected chi connectivity index (χ1v) is 11.0. The minimum absolute atomic E-state index is 0.0394. The number of carbonyl (C=O) groups excluding carboxylic acids is 3. The van der Waals surface area contributed by atoms with Gasteiger partial charge in [0.2, 0.25) is 0 Å². The number of halogens is 2. The van der Waals surface area contributed by atoms with Crippen LogP contribution in [0.4, 0.5) is 26.2 Å². The zero-order valence-electron chi connectivity index (χ0n) is 19.2. The molecule has 35 heavy (non-hydrogen) atoms. The molecule has 3 aromatic rings. The van der Waals surface area contributed by atoms with Gasteiger partial charge < -0.3 is 26.0 Å². The Balaban J connectivity index is 1.76. The number of rotatable bonds is 7. The molecule has 182 valence electrons. The molecule has 0 heterocycles. The summed E-state index contributed by atoms with van der Waals surface area (Å²) in [5.74, 6) is -1.61. The zero-order valence-corrected chi connectivity index (χ0v) is 20.0. The number of nitrogens with one attached hydrogen (secondary N) is 4. The standard InChI is InChI=1S/C25H24ClFN4O4/c1-14(2)28-25(34)30-17-6-4-5-15(11-17)23(32)29-18-8-10-22(35-3)21(13-18)31-24(33)19-9-7-16(26)12-20(19)27/h4-14H,1-3H3,(H,29,32)(H,31,33)(H2,28,30,34). The van der Waals surface area contributed by atoms with E-state index in [1.165, 1.54) is 31.4 Å². The first-order valence-electron chi connectivity index (χ1n) is 10.6. The Morgan fingerprint density at radius 3 is 2.31 bits per heavy atom. The van der Waals surface area contributed by atoms with Gasteiger partial charge in [-0.3, -0.25) is 9.59 Å². The third-order valence-electron chi connectivity index (χ3n) is 4.68. The molecular weight excluding hydrogens is 475 g/mol. The molecule has 10 heteroatoms. The molecule has 3 aromatic carbocycles. The van der Waals surface area contributed by atoms with Crippen LogP contribution < -0.4 is 26.0 Å². The fourth-order valence-electron chi connectivity index (χ4n) is 3.12. The van der Waals surface area contributed by atoms with E-state index in [0.29, 0.717) is 22.7 Å². The molecule has 0 saturated heterocycles. The number of methoxy groups -OCH3 is 1. The van der Waals surface area contributed by atoms with E-state index >= 15 is 0 Å². The van der Waals surface area contributed by atoms with Gasteiger partial charge in [0.05, 0.1) is 18.4 Å². The van der Waals surface area contributed by atoms with Gasteiger partial charge >= 0.3 is 6.03 Å². The van der Waals surface area contributed by atoms with Crippen molar-refractivity contribution in [3.05, 3.63) is 82.6 Å².